The molecule has 0 aliphatic heterocycles. The van der Waals surface area contributed by atoms with Gasteiger partial charge in [0.05, 0.1) is 15.7 Å². The molecule has 1 aliphatic carbocycles. The molecule has 2 aromatic carbocycles. The van der Waals surface area contributed by atoms with Gasteiger partial charge in [0.1, 0.15) is 23.3 Å². The predicted molar refractivity (Wildman–Crippen MR) is 139 cm³/mol. The van der Waals surface area contributed by atoms with E-state index >= 15 is 0 Å². The third-order valence-corrected chi connectivity index (χ3v) is 9.29. The van der Waals surface area contributed by atoms with Crippen LogP contribution in [0.2, 0.25) is 0 Å². The SMILES string of the molecule is N#Cc1c(N)[nH]c2ccc(-c3ccc(S(=O)(=O)C4CCC(Nc5ccc(C(F)(F)F)cn5)CC4)cc3)cc12. The predicted octanol–water partition coefficient (Wildman–Crippen LogP) is 5.90. The van der Waals surface area contributed by atoms with Crippen LogP contribution in [0.4, 0.5) is 24.8 Å². The highest BCUT2D eigenvalue weighted by Crippen LogP contribution is 2.33. The van der Waals surface area contributed by atoms with Gasteiger partial charge >= 0.3 is 6.18 Å². The summed E-state index contributed by atoms with van der Waals surface area (Å²) in [7, 11) is -3.55. The summed E-state index contributed by atoms with van der Waals surface area (Å²) >= 11 is 0. The number of benzene rings is 2. The quantitative estimate of drug-likeness (QED) is 0.290. The van der Waals surface area contributed by atoms with E-state index in [1.807, 2.05) is 18.2 Å². The van der Waals surface area contributed by atoms with E-state index in [0.717, 1.165) is 28.9 Å². The number of nitrogens with two attached hydrogens (primary N) is 1. The molecule has 1 fully saturated rings. The van der Waals surface area contributed by atoms with Gasteiger partial charge < -0.3 is 16.0 Å². The number of aromatic amines is 1. The van der Waals surface area contributed by atoms with Crippen molar-refractivity contribution >= 4 is 32.4 Å². The lowest BCUT2D eigenvalue weighted by Gasteiger charge is -2.29. The summed E-state index contributed by atoms with van der Waals surface area (Å²) in [4.78, 5) is 7.06. The molecule has 1 saturated carbocycles. The average molecular weight is 540 g/mol. The molecule has 2 aromatic heterocycles. The van der Waals surface area contributed by atoms with Crippen LogP contribution in [-0.4, -0.2) is 29.7 Å². The molecule has 7 nitrogen and oxygen atoms in total. The van der Waals surface area contributed by atoms with E-state index in [0.29, 0.717) is 48.3 Å². The molecule has 2 heterocycles. The number of nitrogen functional groups attached to an aromatic ring is 1. The zero-order chi connectivity index (χ0) is 27.1. The zero-order valence-corrected chi connectivity index (χ0v) is 20.9. The molecule has 0 spiro atoms. The van der Waals surface area contributed by atoms with Crippen molar-refractivity contribution in [1.29, 1.82) is 5.26 Å². The van der Waals surface area contributed by atoms with Crippen molar-refractivity contribution in [2.45, 2.75) is 48.0 Å². The van der Waals surface area contributed by atoms with Gasteiger partial charge in [0, 0.05) is 23.1 Å². The van der Waals surface area contributed by atoms with Crippen LogP contribution < -0.4 is 11.1 Å². The van der Waals surface area contributed by atoms with Crippen molar-refractivity contribution in [2.75, 3.05) is 11.1 Å². The maximum Gasteiger partial charge on any atom is 0.417 e. The number of aromatic nitrogens is 2. The number of hydrogen-bond donors (Lipinski definition) is 3. The Labute approximate surface area is 217 Å². The Bertz CT molecular complexity index is 1610. The van der Waals surface area contributed by atoms with Gasteiger partial charge in [-0.15, -0.1) is 0 Å². The lowest BCUT2D eigenvalue weighted by Crippen LogP contribution is -2.33. The average Bonchev–Trinajstić information content (AvgIpc) is 3.23. The first-order valence-electron chi connectivity index (χ1n) is 12.0. The number of anilines is 2. The van der Waals surface area contributed by atoms with E-state index in [9.17, 15) is 26.9 Å². The third-order valence-electron chi connectivity index (χ3n) is 7.01. The van der Waals surface area contributed by atoms with Gasteiger partial charge in [0.2, 0.25) is 0 Å². The van der Waals surface area contributed by atoms with Gasteiger partial charge in [-0.1, -0.05) is 18.2 Å². The van der Waals surface area contributed by atoms with E-state index < -0.39 is 26.8 Å². The summed E-state index contributed by atoms with van der Waals surface area (Å²) in [6, 6.07) is 16.6. The fourth-order valence-electron chi connectivity index (χ4n) is 4.92. The molecule has 0 atom stereocenters. The van der Waals surface area contributed by atoms with Crippen LogP contribution in [-0.2, 0) is 16.0 Å². The number of rotatable bonds is 5. The van der Waals surface area contributed by atoms with E-state index in [2.05, 4.69) is 21.4 Å². The number of pyridine rings is 1. The molecule has 0 saturated heterocycles. The Kier molecular flexibility index (Phi) is 6.53. The second kappa shape index (κ2) is 9.68. The number of hydrogen-bond acceptors (Lipinski definition) is 6. The smallest absolute Gasteiger partial charge is 0.384 e. The zero-order valence-electron chi connectivity index (χ0n) is 20.1. The van der Waals surface area contributed by atoms with Gasteiger partial charge in [-0.3, -0.25) is 0 Å². The lowest BCUT2D eigenvalue weighted by molar-refractivity contribution is -0.137. The lowest BCUT2D eigenvalue weighted by atomic mass is 9.95. The number of sulfone groups is 1. The second-order valence-corrected chi connectivity index (χ2v) is 11.6. The summed E-state index contributed by atoms with van der Waals surface area (Å²) in [6.45, 7) is 0. The molecular formula is C27H24F3N5O2S. The first kappa shape index (κ1) is 25.6. The number of halogens is 3. The van der Waals surface area contributed by atoms with Gasteiger partial charge in [0.25, 0.3) is 0 Å². The highest BCUT2D eigenvalue weighted by atomic mass is 32.2. The van der Waals surface area contributed by atoms with Crippen molar-refractivity contribution in [3.63, 3.8) is 0 Å². The van der Waals surface area contributed by atoms with Gasteiger partial charge in [0.15, 0.2) is 9.84 Å². The van der Waals surface area contributed by atoms with Crippen molar-refractivity contribution in [3.05, 3.63) is 71.9 Å². The summed E-state index contributed by atoms with van der Waals surface area (Å²) in [5.74, 6) is 0.643. The van der Waals surface area contributed by atoms with E-state index in [1.165, 1.54) is 6.07 Å². The standard InChI is InChI=1S/C27H24F3N5O2S/c28-27(29,30)18-4-12-25(33-15-18)34-19-5-9-21(10-6-19)38(36,37)20-7-1-16(2-8-20)17-3-11-24-22(13-17)23(14-31)26(32)35-24/h1-4,7-8,11-13,15,19,21,35H,5-6,9-10,32H2,(H,33,34). The topological polar surface area (TPSA) is 125 Å². The van der Waals surface area contributed by atoms with Crippen LogP contribution in [0.25, 0.3) is 22.0 Å². The fourth-order valence-corrected chi connectivity index (χ4v) is 6.71. The molecule has 0 amide bonds. The number of nitrogens with zero attached hydrogens (tertiary/aromatic N) is 2. The Morgan fingerprint density at radius 2 is 1.68 bits per heavy atom. The minimum Gasteiger partial charge on any atom is -0.384 e. The molecule has 196 valence electrons. The molecule has 0 radical (unpaired) electrons. The number of H-pyrrole nitrogens is 1. The second-order valence-electron chi connectivity index (χ2n) is 9.40. The van der Waals surface area contributed by atoms with Crippen molar-refractivity contribution in [3.8, 4) is 17.2 Å². The van der Waals surface area contributed by atoms with Gasteiger partial charge in [-0.2, -0.15) is 18.4 Å². The molecule has 4 N–H and O–H groups in total. The molecule has 0 unspecified atom stereocenters. The Morgan fingerprint density at radius 3 is 2.29 bits per heavy atom. The minimum atomic E-state index is -4.44. The van der Waals surface area contributed by atoms with Crippen LogP contribution in [0.5, 0.6) is 0 Å². The molecule has 38 heavy (non-hydrogen) atoms. The fraction of sp³-hybridized carbons (Fsp3) is 0.259. The summed E-state index contributed by atoms with van der Waals surface area (Å²) < 4.78 is 64.8. The minimum absolute atomic E-state index is 0.0660. The number of nitriles is 1. The molecule has 5 rings (SSSR count). The Morgan fingerprint density at radius 1 is 1.00 bits per heavy atom. The van der Waals surface area contributed by atoms with Crippen LogP contribution in [0, 0.1) is 11.3 Å². The monoisotopic (exact) mass is 539 g/mol. The summed E-state index contributed by atoms with van der Waals surface area (Å²) in [5, 5.41) is 12.7. The Balaban J connectivity index is 1.25. The van der Waals surface area contributed by atoms with Gasteiger partial charge in [-0.25, -0.2) is 13.4 Å². The largest absolute Gasteiger partial charge is 0.417 e. The summed E-state index contributed by atoms with van der Waals surface area (Å²) in [5.41, 5.74) is 7.83. The molecule has 4 aromatic rings. The third kappa shape index (κ3) is 4.91. The van der Waals surface area contributed by atoms with Crippen molar-refractivity contribution in [1.82, 2.24) is 9.97 Å². The number of alkyl halides is 3. The molecule has 0 bridgehead atoms. The Hall–Kier alpha value is -4.04. The number of nitrogens with one attached hydrogen (secondary N) is 2. The van der Waals surface area contributed by atoms with Crippen LogP contribution >= 0.6 is 0 Å². The van der Waals surface area contributed by atoms with E-state index in [-0.39, 0.29) is 10.9 Å². The van der Waals surface area contributed by atoms with Crippen molar-refractivity contribution < 1.29 is 21.6 Å². The first-order valence-corrected chi connectivity index (χ1v) is 13.6. The molecule has 11 heteroatoms. The highest BCUT2D eigenvalue weighted by molar-refractivity contribution is 7.92. The van der Waals surface area contributed by atoms with Crippen LogP contribution in [0.15, 0.2) is 65.7 Å². The van der Waals surface area contributed by atoms with Crippen LogP contribution in [0.3, 0.4) is 0 Å². The van der Waals surface area contributed by atoms with Crippen LogP contribution in [0.1, 0.15) is 36.8 Å². The van der Waals surface area contributed by atoms with Crippen molar-refractivity contribution in [2.24, 2.45) is 0 Å². The summed E-state index contributed by atoms with van der Waals surface area (Å²) in [6.07, 6.45) is -1.66. The first-order chi connectivity index (χ1) is 18.1. The molecular weight excluding hydrogens is 515 g/mol. The van der Waals surface area contributed by atoms with E-state index in [4.69, 9.17) is 5.73 Å². The highest BCUT2D eigenvalue weighted by Gasteiger charge is 2.33. The maximum atomic E-state index is 13.3. The van der Waals surface area contributed by atoms with Gasteiger partial charge in [-0.05, 0) is 73.2 Å². The van der Waals surface area contributed by atoms with E-state index in [1.54, 1.807) is 24.3 Å². The normalized spacial score (nSPS) is 18.3. The molecule has 1 aliphatic rings. The maximum absolute atomic E-state index is 13.3. The number of fused-ring (bicyclic) bond motifs is 1.